The molecule has 2 N–H and O–H groups in total. The summed E-state index contributed by atoms with van der Waals surface area (Å²) in [5, 5.41) is 12.9. The second-order valence-corrected chi connectivity index (χ2v) is 7.11. The minimum Gasteiger partial charge on any atom is -0.462 e. The molecule has 28 heavy (non-hydrogen) atoms. The van der Waals surface area contributed by atoms with Gasteiger partial charge in [-0.15, -0.1) is 11.3 Å². The van der Waals surface area contributed by atoms with E-state index in [-0.39, 0.29) is 6.61 Å². The Bertz CT molecular complexity index is 846. The molecule has 0 spiro atoms. The number of aliphatic hydroxyl groups is 1. The summed E-state index contributed by atoms with van der Waals surface area (Å²) < 4.78 is 9.97. The SMILES string of the molecule is CCOC(=O)c1c(NC(=O)COC(=O)[C@H](O)c2ccccc2)sc(C)c1CC. The Morgan fingerprint density at radius 2 is 1.82 bits per heavy atom. The number of aryl methyl sites for hydroxylation is 1. The number of esters is 2. The van der Waals surface area contributed by atoms with E-state index in [9.17, 15) is 19.5 Å². The molecule has 0 radical (unpaired) electrons. The molecule has 1 aromatic carbocycles. The van der Waals surface area contributed by atoms with Gasteiger partial charge in [0, 0.05) is 4.88 Å². The number of rotatable bonds is 8. The molecule has 0 bridgehead atoms. The molecule has 0 fully saturated rings. The maximum atomic E-state index is 12.3. The number of hydrogen-bond donors (Lipinski definition) is 2. The van der Waals surface area contributed by atoms with Gasteiger partial charge in [-0.05, 0) is 31.4 Å². The molecule has 2 aromatic rings. The fourth-order valence-corrected chi connectivity index (χ4v) is 3.81. The van der Waals surface area contributed by atoms with E-state index in [1.807, 2.05) is 13.8 Å². The number of amides is 1. The Morgan fingerprint density at radius 3 is 2.43 bits per heavy atom. The first kappa shape index (κ1) is 21.6. The van der Waals surface area contributed by atoms with Crippen LogP contribution in [0.1, 0.15) is 46.3 Å². The lowest BCUT2D eigenvalue weighted by Gasteiger charge is -2.11. The van der Waals surface area contributed by atoms with Crippen molar-refractivity contribution in [1.29, 1.82) is 0 Å². The van der Waals surface area contributed by atoms with Gasteiger partial charge in [-0.1, -0.05) is 37.3 Å². The average molecular weight is 405 g/mol. The number of carbonyl (C=O) groups is 3. The van der Waals surface area contributed by atoms with Gasteiger partial charge in [-0.2, -0.15) is 0 Å². The number of aliphatic hydroxyl groups excluding tert-OH is 1. The van der Waals surface area contributed by atoms with E-state index in [2.05, 4.69) is 5.32 Å². The summed E-state index contributed by atoms with van der Waals surface area (Å²) in [5.74, 6) is -2.04. The number of hydrogen-bond acceptors (Lipinski definition) is 7. The van der Waals surface area contributed by atoms with Gasteiger partial charge in [0.1, 0.15) is 5.00 Å². The summed E-state index contributed by atoms with van der Waals surface area (Å²) in [5.41, 5.74) is 1.52. The van der Waals surface area contributed by atoms with E-state index in [1.165, 1.54) is 11.3 Å². The maximum absolute atomic E-state index is 12.3. The monoisotopic (exact) mass is 405 g/mol. The van der Waals surface area contributed by atoms with Crippen LogP contribution in [0.2, 0.25) is 0 Å². The first-order chi connectivity index (χ1) is 13.4. The fourth-order valence-electron chi connectivity index (χ4n) is 2.66. The number of benzene rings is 1. The summed E-state index contributed by atoms with van der Waals surface area (Å²) in [7, 11) is 0. The minimum absolute atomic E-state index is 0.221. The zero-order valence-electron chi connectivity index (χ0n) is 16.0. The minimum atomic E-state index is -1.47. The molecule has 8 heteroatoms. The fraction of sp³-hybridized carbons (Fsp3) is 0.350. The highest BCUT2D eigenvalue weighted by atomic mass is 32.1. The lowest BCUT2D eigenvalue weighted by Crippen LogP contribution is -2.24. The largest absolute Gasteiger partial charge is 0.462 e. The van der Waals surface area contributed by atoms with E-state index in [0.717, 1.165) is 10.4 Å². The molecule has 7 nitrogen and oxygen atoms in total. The van der Waals surface area contributed by atoms with Gasteiger partial charge in [0.2, 0.25) is 0 Å². The Balaban J connectivity index is 2.03. The molecule has 1 amide bonds. The number of carbonyl (C=O) groups excluding carboxylic acids is 3. The second-order valence-electron chi connectivity index (χ2n) is 5.88. The van der Waals surface area contributed by atoms with Crippen molar-refractivity contribution in [1.82, 2.24) is 0 Å². The van der Waals surface area contributed by atoms with Crippen molar-refractivity contribution in [3.8, 4) is 0 Å². The van der Waals surface area contributed by atoms with Crippen molar-refractivity contribution < 1.29 is 29.0 Å². The van der Waals surface area contributed by atoms with Crippen molar-refractivity contribution in [2.24, 2.45) is 0 Å². The predicted molar refractivity (Wildman–Crippen MR) is 105 cm³/mol. The summed E-state index contributed by atoms with van der Waals surface area (Å²) >= 11 is 1.26. The normalized spacial score (nSPS) is 11.6. The molecule has 2 rings (SSSR count). The zero-order valence-corrected chi connectivity index (χ0v) is 16.8. The van der Waals surface area contributed by atoms with Crippen molar-refractivity contribution in [3.63, 3.8) is 0 Å². The van der Waals surface area contributed by atoms with Gasteiger partial charge < -0.3 is 19.9 Å². The Morgan fingerprint density at radius 1 is 1.14 bits per heavy atom. The number of ether oxygens (including phenoxy) is 2. The Labute approximate surface area is 167 Å². The van der Waals surface area contributed by atoms with Gasteiger partial charge in [-0.25, -0.2) is 9.59 Å². The van der Waals surface area contributed by atoms with E-state index in [4.69, 9.17) is 9.47 Å². The number of nitrogens with one attached hydrogen (secondary N) is 1. The van der Waals surface area contributed by atoms with Crippen LogP contribution in [0.15, 0.2) is 30.3 Å². The van der Waals surface area contributed by atoms with Crippen molar-refractivity contribution in [2.45, 2.75) is 33.3 Å². The van der Waals surface area contributed by atoms with E-state index < -0.39 is 30.6 Å². The molecule has 0 aliphatic rings. The standard InChI is InChI=1S/C20H23NO6S/c1-4-14-12(3)28-18(16(14)19(24)26-5-2)21-15(22)11-27-20(25)17(23)13-9-7-6-8-10-13/h6-10,17,23H,4-5,11H2,1-3H3,(H,21,22)/t17-/m1/s1. The third-order valence-electron chi connectivity index (χ3n) is 3.98. The third-order valence-corrected chi connectivity index (χ3v) is 5.04. The van der Waals surface area contributed by atoms with Crippen LogP contribution in [0.3, 0.4) is 0 Å². The van der Waals surface area contributed by atoms with E-state index in [0.29, 0.717) is 22.5 Å². The summed E-state index contributed by atoms with van der Waals surface area (Å²) in [6.45, 7) is 5.12. The van der Waals surface area contributed by atoms with Gasteiger partial charge in [0.25, 0.3) is 5.91 Å². The highest BCUT2D eigenvalue weighted by Gasteiger charge is 2.24. The molecule has 1 aromatic heterocycles. The molecular formula is C20H23NO6S. The molecular weight excluding hydrogens is 382 g/mol. The van der Waals surface area contributed by atoms with Crippen molar-refractivity contribution in [2.75, 3.05) is 18.5 Å². The first-order valence-corrected chi connectivity index (χ1v) is 9.69. The van der Waals surface area contributed by atoms with Crippen molar-refractivity contribution >= 4 is 34.2 Å². The average Bonchev–Trinajstić information content (AvgIpc) is 3.01. The number of anilines is 1. The zero-order chi connectivity index (χ0) is 20.7. The van der Waals surface area contributed by atoms with Gasteiger partial charge in [-0.3, -0.25) is 4.79 Å². The molecule has 1 atom stereocenters. The van der Waals surface area contributed by atoms with Crippen LogP contribution < -0.4 is 5.32 Å². The summed E-state index contributed by atoms with van der Waals surface area (Å²) in [4.78, 5) is 37.3. The van der Waals surface area contributed by atoms with Crippen LogP contribution in [0.25, 0.3) is 0 Å². The Kier molecular flexibility index (Phi) is 7.71. The molecule has 0 unspecified atom stereocenters. The van der Waals surface area contributed by atoms with E-state index in [1.54, 1.807) is 37.3 Å². The molecule has 0 saturated carbocycles. The Hall–Kier alpha value is -2.71. The lowest BCUT2D eigenvalue weighted by molar-refractivity contribution is -0.156. The highest BCUT2D eigenvalue weighted by molar-refractivity contribution is 7.16. The first-order valence-electron chi connectivity index (χ1n) is 8.87. The van der Waals surface area contributed by atoms with Crippen LogP contribution in [0, 0.1) is 6.92 Å². The quantitative estimate of drug-likeness (QED) is 0.655. The smallest absolute Gasteiger partial charge is 0.341 e. The molecule has 1 heterocycles. The molecule has 0 aliphatic carbocycles. The van der Waals surface area contributed by atoms with Crippen LogP contribution in [0.5, 0.6) is 0 Å². The predicted octanol–water partition coefficient (Wildman–Crippen LogP) is 3.01. The summed E-state index contributed by atoms with van der Waals surface area (Å²) in [6.07, 6.45) is -0.857. The highest BCUT2D eigenvalue weighted by Crippen LogP contribution is 2.34. The van der Waals surface area contributed by atoms with Crippen molar-refractivity contribution in [3.05, 3.63) is 51.9 Å². The van der Waals surface area contributed by atoms with Crippen LogP contribution in [-0.4, -0.2) is 36.2 Å². The second kappa shape index (κ2) is 10.0. The van der Waals surface area contributed by atoms with Crippen LogP contribution >= 0.6 is 11.3 Å². The van der Waals surface area contributed by atoms with Crippen LogP contribution in [-0.2, 0) is 25.5 Å². The van der Waals surface area contributed by atoms with Gasteiger partial charge in [0.05, 0.1) is 12.2 Å². The van der Waals surface area contributed by atoms with E-state index >= 15 is 0 Å². The third kappa shape index (κ3) is 5.17. The van der Waals surface area contributed by atoms with Gasteiger partial charge in [0.15, 0.2) is 12.7 Å². The lowest BCUT2D eigenvalue weighted by atomic mass is 10.1. The van der Waals surface area contributed by atoms with Gasteiger partial charge >= 0.3 is 11.9 Å². The van der Waals surface area contributed by atoms with Crippen LogP contribution in [0.4, 0.5) is 5.00 Å². The topological polar surface area (TPSA) is 102 Å². The summed E-state index contributed by atoms with van der Waals surface area (Å²) in [6, 6.07) is 8.28. The number of thiophene rings is 1. The molecule has 0 saturated heterocycles. The molecule has 150 valence electrons. The maximum Gasteiger partial charge on any atom is 0.341 e. The molecule has 0 aliphatic heterocycles.